The van der Waals surface area contributed by atoms with Crippen LogP contribution in [-0.4, -0.2) is 18.4 Å². The highest BCUT2D eigenvalue weighted by molar-refractivity contribution is 5.83. The summed E-state index contributed by atoms with van der Waals surface area (Å²) >= 11 is 0. The van der Waals surface area contributed by atoms with E-state index in [0.717, 1.165) is 11.1 Å². The van der Waals surface area contributed by atoms with Gasteiger partial charge in [-0.3, -0.25) is 0 Å². The second kappa shape index (κ2) is 5.49. The molecule has 5 nitrogen and oxygen atoms in total. The Balaban J connectivity index is 2.35. The number of phenolic OH excluding ortho intramolecular Hbond substituents is 1. The van der Waals surface area contributed by atoms with Gasteiger partial charge in [0.1, 0.15) is 17.4 Å². The summed E-state index contributed by atoms with van der Waals surface area (Å²) in [6.07, 6.45) is 1.56. The monoisotopic (exact) mass is 270 g/mol. The summed E-state index contributed by atoms with van der Waals surface area (Å²) in [7, 11) is 1.48. The van der Waals surface area contributed by atoms with Gasteiger partial charge in [0.2, 0.25) is 5.88 Å². The Hall–Kier alpha value is -2.74. The largest absolute Gasteiger partial charge is 0.504 e. The number of nitriles is 1. The van der Waals surface area contributed by atoms with Crippen molar-refractivity contribution >= 4 is 12.1 Å². The summed E-state index contributed by atoms with van der Waals surface area (Å²) in [6.45, 7) is 3.61. The lowest BCUT2D eigenvalue weighted by Gasteiger charge is -2.03. The number of aryl methyl sites for hydroxylation is 1. The van der Waals surface area contributed by atoms with Crippen molar-refractivity contribution in [3.8, 4) is 17.6 Å². The van der Waals surface area contributed by atoms with E-state index in [9.17, 15) is 5.11 Å². The minimum absolute atomic E-state index is 0.0621. The molecule has 0 bridgehead atoms. The Labute approximate surface area is 116 Å². The normalized spacial score (nSPS) is 10.7. The molecule has 102 valence electrons. The van der Waals surface area contributed by atoms with Gasteiger partial charge in [-0.25, -0.2) is 4.99 Å². The van der Waals surface area contributed by atoms with E-state index in [1.807, 2.05) is 6.92 Å². The van der Waals surface area contributed by atoms with E-state index in [1.54, 1.807) is 25.3 Å². The van der Waals surface area contributed by atoms with Crippen LogP contribution in [0, 0.1) is 25.2 Å². The van der Waals surface area contributed by atoms with Gasteiger partial charge in [0, 0.05) is 11.8 Å². The van der Waals surface area contributed by atoms with Crippen LogP contribution >= 0.6 is 0 Å². The van der Waals surface area contributed by atoms with Crippen LogP contribution in [0.15, 0.2) is 27.6 Å². The molecule has 0 amide bonds. The zero-order valence-electron chi connectivity index (χ0n) is 11.5. The Morgan fingerprint density at radius 3 is 2.80 bits per heavy atom. The summed E-state index contributed by atoms with van der Waals surface area (Å²) in [5.74, 6) is 1.39. The maximum atomic E-state index is 9.51. The Morgan fingerprint density at radius 2 is 2.15 bits per heavy atom. The van der Waals surface area contributed by atoms with Crippen molar-refractivity contribution in [1.29, 1.82) is 5.26 Å². The number of rotatable bonds is 3. The van der Waals surface area contributed by atoms with Crippen molar-refractivity contribution in [3.63, 3.8) is 0 Å². The predicted molar refractivity (Wildman–Crippen MR) is 74.8 cm³/mol. The van der Waals surface area contributed by atoms with Crippen molar-refractivity contribution in [3.05, 3.63) is 40.6 Å². The molecule has 0 unspecified atom stereocenters. The highest BCUT2D eigenvalue weighted by Crippen LogP contribution is 2.29. The van der Waals surface area contributed by atoms with Crippen molar-refractivity contribution in [2.24, 2.45) is 4.99 Å². The number of methoxy groups -OCH3 is 1. The smallest absolute Gasteiger partial charge is 0.237 e. The number of aromatic hydroxyl groups is 1. The molecule has 1 aromatic carbocycles. The lowest BCUT2D eigenvalue weighted by molar-refractivity contribution is 0.373. The van der Waals surface area contributed by atoms with Crippen LogP contribution < -0.4 is 4.74 Å². The maximum absolute atomic E-state index is 9.51. The first-order valence-corrected chi connectivity index (χ1v) is 5.98. The second-order valence-corrected chi connectivity index (χ2v) is 4.26. The number of furan rings is 1. The summed E-state index contributed by atoms with van der Waals surface area (Å²) in [6, 6.07) is 6.94. The molecule has 0 saturated carbocycles. The molecule has 1 aromatic heterocycles. The molecule has 20 heavy (non-hydrogen) atoms. The van der Waals surface area contributed by atoms with Crippen LogP contribution in [0.4, 0.5) is 5.88 Å². The lowest BCUT2D eigenvalue weighted by atomic mass is 10.2. The quantitative estimate of drug-likeness (QED) is 0.868. The van der Waals surface area contributed by atoms with Gasteiger partial charge in [0.05, 0.1) is 7.11 Å². The second-order valence-electron chi connectivity index (χ2n) is 4.26. The van der Waals surface area contributed by atoms with E-state index in [1.165, 1.54) is 13.2 Å². The van der Waals surface area contributed by atoms with E-state index in [0.29, 0.717) is 17.1 Å². The fraction of sp³-hybridized carbons (Fsp3) is 0.200. The molecule has 1 N–H and O–H groups in total. The molecule has 1 heterocycles. The number of aliphatic imine (C=N–C) groups is 1. The van der Waals surface area contributed by atoms with E-state index in [-0.39, 0.29) is 11.6 Å². The fourth-order valence-corrected chi connectivity index (χ4v) is 1.74. The van der Waals surface area contributed by atoms with Crippen molar-refractivity contribution in [1.82, 2.24) is 0 Å². The first-order valence-electron chi connectivity index (χ1n) is 5.98. The van der Waals surface area contributed by atoms with Gasteiger partial charge >= 0.3 is 0 Å². The first kappa shape index (κ1) is 13.7. The van der Waals surface area contributed by atoms with E-state index < -0.39 is 0 Å². The van der Waals surface area contributed by atoms with Gasteiger partial charge in [-0.15, -0.1) is 0 Å². The molecule has 0 atom stereocenters. The van der Waals surface area contributed by atoms with Crippen molar-refractivity contribution in [2.75, 3.05) is 7.11 Å². The van der Waals surface area contributed by atoms with Crippen LogP contribution in [0.3, 0.4) is 0 Å². The van der Waals surface area contributed by atoms with Gasteiger partial charge in [0.15, 0.2) is 11.5 Å². The summed E-state index contributed by atoms with van der Waals surface area (Å²) in [5.41, 5.74) is 1.96. The zero-order valence-corrected chi connectivity index (χ0v) is 11.5. The standard InChI is InChI=1S/C15H14N2O3/c1-9-10(2)20-15(12(9)7-16)17-8-11-4-5-13(18)14(6-11)19-3/h4-6,8,18H,1-3H3/b17-8+. The minimum Gasteiger partial charge on any atom is -0.504 e. The average molecular weight is 270 g/mol. The van der Waals surface area contributed by atoms with Crippen molar-refractivity contribution < 1.29 is 14.3 Å². The molecule has 0 saturated heterocycles. The number of phenols is 1. The van der Waals surface area contributed by atoms with E-state index in [2.05, 4.69) is 11.1 Å². The summed E-state index contributed by atoms with van der Waals surface area (Å²) in [4.78, 5) is 4.18. The number of hydrogen-bond acceptors (Lipinski definition) is 5. The molecular weight excluding hydrogens is 256 g/mol. The Morgan fingerprint density at radius 1 is 1.40 bits per heavy atom. The van der Waals surface area contributed by atoms with Crippen molar-refractivity contribution in [2.45, 2.75) is 13.8 Å². The first-order chi connectivity index (χ1) is 9.56. The van der Waals surface area contributed by atoms with Crippen LogP contribution in [0.2, 0.25) is 0 Å². The molecule has 0 radical (unpaired) electrons. The Kier molecular flexibility index (Phi) is 3.76. The van der Waals surface area contributed by atoms with Gasteiger partial charge in [0.25, 0.3) is 0 Å². The van der Waals surface area contributed by atoms with E-state index in [4.69, 9.17) is 14.4 Å². The van der Waals surface area contributed by atoms with Crippen LogP contribution in [0.25, 0.3) is 0 Å². The summed E-state index contributed by atoms with van der Waals surface area (Å²) < 4.78 is 10.5. The fourth-order valence-electron chi connectivity index (χ4n) is 1.74. The third kappa shape index (κ3) is 2.50. The highest BCUT2D eigenvalue weighted by Gasteiger charge is 2.12. The van der Waals surface area contributed by atoms with Gasteiger partial charge in [-0.1, -0.05) is 0 Å². The topological polar surface area (TPSA) is 78.8 Å². The molecule has 0 spiro atoms. The molecule has 2 rings (SSSR count). The molecule has 0 fully saturated rings. The molecule has 0 aliphatic heterocycles. The highest BCUT2D eigenvalue weighted by atomic mass is 16.5. The lowest BCUT2D eigenvalue weighted by Crippen LogP contribution is -1.87. The van der Waals surface area contributed by atoms with Gasteiger partial charge in [-0.2, -0.15) is 5.26 Å². The SMILES string of the molecule is COc1cc(/C=N/c2oc(C)c(C)c2C#N)ccc1O. The molecule has 2 aromatic rings. The third-order valence-corrected chi connectivity index (χ3v) is 3.01. The summed E-state index contributed by atoms with van der Waals surface area (Å²) in [5, 5.41) is 18.6. The van der Waals surface area contributed by atoms with Gasteiger partial charge in [-0.05, 0) is 37.6 Å². The van der Waals surface area contributed by atoms with Crippen LogP contribution in [0.1, 0.15) is 22.5 Å². The number of hydrogen-bond donors (Lipinski definition) is 1. The number of ether oxygens (including phenoxy) is 1. The predicted octanol–water partition coefficient (Wildman–Crippen LogP) is 3.23. The average Bonchev–Trinajstić information content (AvgIpc) is 2.72. The van der Waals surface area contributed by atoms with Crippen LogP contribution in [0.5, 0.6) is 11.5 Å². The molecule has 0 aliphatic rings. The van der Waals surface area contributed by atoms with Crippen LogP contribution in [-0.2, 0) is 0 Å². The molecular formula is C15H14N2O3. The molecule has 5 heteroatoms. The van der Waals surface area contributed by atoms with E-state index >= 15 is 0 Å². The Bertz CT molecular complexity index is 709. The number of benzene rings is 1. The minimum atomic E-state index is 0.0621. The zero-order chi connectivity index (χ0) is 14.7. The van der Waals surface area contributed by atoms with Gasteiger partial charge < -0.3 is 14.3 Å². The maximum Gasteiger partial charge on any atom is 0.237 e. The number of nitrogens with zero attached hydrogens (tertiary/aromatic N) is 2. The third-order valence-electron chi connectivity index (χ3n) is 3.01. The molecule has 0 aliphatic carbocycles.